The van der Waals surface area contributed by atoms with Gasteiger partial charge in [-0.2, -0.15) is 0 Å². The summed E-state index contributed by atoms with van der Waals surface area (Å²) in [6.07, 6.45) is 1.92. The van der Waals surface area contributed by atoms with Gasteiger partial charge < -0.3 is 14.4 Å². The Morgan fingerprint density at radius 2 is 2.17 bits per heavy atom. The van der Waals surface area contributed by atoms with E-state index < -0.39 is 5.97 Å². The molecule has 0 saturated carbocycles. The fourth-order valence-corrected chi connectivity index (χ4v) is 2.16. The Morgan fingerprint density at radius 1 is 1.44 bits per heavy atom. The van der Waals surface area contributed by atoms with Crippen molar-refractivity contribution in [2.24, 2.45) is 0 Å². The Labute approximate surface area is 106 Å². The first-order chi connectivity index (χ1) is 8.52. The van der Waals surface area contributed by atoms with Crippen molar-refractivity contribution in [2.45, 2.75) is 26.3 Å². The third-order valence-corrected chi connectivity index (χ3v) is 3.05. The van der Waals surface area contributed by atoms with Crippen molar-refractivity contribution in [3.8, 4) is 5.75 Å². The lowest BCUT2D eigenvalue weighted by Crippen LogP contribution is -2.07. The molecule has 1 aromatic heterocycles. The molecule has 4 nitrogen and oxygen atoms in total. The number of carbonyl (C=O) groups is 1. The number of hydrogen-bond donors (Lipinski definition) is 1. The lowest BCUT2D eigenvalue weighted by Gasteiger charge is -2.04. The molecule has 2 aromatic rings. The maximum absolute atomic E-state index is 10.9. The van der Waals surface area contributed by atoms with Crippen LogP contribution < -0.4 is 4.74 Å². The molecule has 0 aliphatic heterocycles. The number of fused-ring (bicyclic) bond motifs is 1. The Kier molecular flexibility index (Phi) is 3.28. The van der Waals surface area contributed by atoms with Gasteiger partial charge in [0.2, 0.25) is 0 Å². The number of carboxylic acids is 1. The highest BCUT2D eigenvalue weighted by Gasteiger charge is 2.13. The second-order valence-corrected chi connectivity index (χ2v) is 4.64. The number of carboxylic acid groups (broad SMARTS) is 1. The van der Waals surface area contributed by atoms with Crippen LogP contribution in [0, 0.1) is 0 Å². The molecule has 96 valence electrons. The van der Waals surface area contributed by atoms with Gasteiger partial charge >= 0.3 is 5.97 Å². The molecule has 0 radical (unpaired) electrons. The molecule has 2 rings (SSSR count). The van der Waals surface area contributed by atoms with Gasteiger partial charge in [0.15, 0.2) is 0 Å². The Balaban J connectivity index is 2.64. The van der Waals surface area contributed by atoms with E-state index in [0.717, 1.165) is 22.2 Å². The highest BCUT2D eigenvalue weighted by molar-refractivity contribution is 5.87. The minimum absolute atomic E-state index is 0.0314. The van der Waals surface area contributed by atoms with Crippen molar-refractivity contribution in [2.75, 3.05) is 7.11 Å². The summed E-state index contributed by atoms with van der Waals surface area (Å²) in [6.45, 7) is 4.17. The number of ether oxygens (including phenoxy) is 1. The van der Waals surface area contributed by atoms with E-state index in [2.05, 4.69) is 13.8 Å². The fourth-order valence-electron chi connectivity index (χ4n) is 2.16. The van der Waals surface area contributed by atoms with Crippen LogP contribution in [0.25, 0.3) is 10.9 Å². The fraction of sp³-hybridized carbons (Fsp3) is 0.357. The summed E-state index contributed by atoms with van der Waals surface area (Å²) >= 11 is 0. The van der Waals surface area contributed by atoms with Crippen LogP contribution in [0.4, 0.5) is 0 Å². The predicted molar refractivity (Wildman–Crippen MR) is 70.2 cm³/mol. The zero-order valence-corrected chi connectivity index (χ0v) is 10.8. The summed E-state index contributed by atoms with van der Waals surface area (Å²) in [5.74, 6) is 0.253. The smallest absolute Gasteiger partial charge is 0.323 e. The van der Waals surface area contributed by atoms with Crippen molar-refractivity contribution in [3.63, 3.8) is 0 Å². The first-order valence-electron chi connectivity index (χ1n) is 5.91. The van der Waals surface area contributed by atoms with Crippen LogP contribution in [0.3, 0.4) is 0 Å². The molecule has 1 aromatic carbocycles. The molecule has 1 N–H and O–H groups in total. The highest BCUT2D eigenvalue weighted by atomic mass is 16.5. The molecular weight excluding hydrogens is 230 g/mol. The molecule has 18 heavy (non-hydrogen) atoms. The lowest BCUT2D eigenvalue weighted by atomic mass is 10.0. The van der Waals surface area contributed by atoms with Crippen molar-refractivity contribution < 1.29 is 14.6 Å². The maximum Gasteiger partial charge on any atom is 0.323 e. The summed E-state index contributed by atoms with van der Waals surface area (Å²) in [4.78, 5) is 10.9. The maximum atomic E-state index is 10.9. The zero-order valence-electron chi connectivity index (χ0n) is 10.8. The molecule has 0 fully saturated rings. The Morgan fingerprint density at radius 3 is 2.72 bits per heavy atom. The average Bonchev–Trinajstić information content (AvgIpc) is 2.67. The van der Waals surface area contributed by atoms with Crippen LogP contribution in [0.2, 0.25) is 0 Å². The van der Waals surface area contributed by atoms with E-state index >= 15 is 0 Å². The average molecular weight is 247 g/mol. The van der Waals surface area contributed by atoms with Gasteiger partial charge in [0.1, 0.15) is 12.3 Å². The third-order valence-electron chi connectivity index (χ3n) is 3.05. The molecule has 4 heteroatoms. The van der Waals surface area contributed by atoms with E-state index in [1.807, 2.05) is 24.4 Å². The SMILES string of the molecule is COc1ccc2c(C(C)C)cn(CC(=O)O)c2c1. The molecule has 0 aliphatic rings. The van der Waals surface area contributed by atoms with Gasteiger partial charge in [-0.15, -0.1) is 0 Å². The van der Waals surface area contributed by atoms with E-state index in [1.54, 1.807) is 11.7 Å². The van der Waals surface area contributed by atoms with E-state index in [4.69, 9.17) is 9.84 Å². The first kappa shape index (κ1) is 12.5. The van der Waals surface area contributed by atoms with Gasteiger partial charge in [-0.25, -0.2) is 0 Å². The predicted octanol–water partition coefficient (Wildman–Crippen LogP) is 2.86. The van der Waals surface area contributed by atoms with Gasteiger partial charge in [-0.3, -0.25) is 4.79 Å². The number of rotatable bonds is 4. The molecule has 0 amide bonds. The van der Waals surface area contributed by atoms with E-state index in [0.29, 0.717) is 5.92 Å². The first-order valence-corrected chi connectivity index (χ1v) is 5.91. The van der Waals surface area contributed by atoms with Crippen molar-refractivity contribution in [1.29, 1.82) is 0 Å². The molecule has 0 spiro atoms. The molecular formula is C14H17NO3. The van der Waals surface area contributed by atoms with E-state index in [1.165, 1.54) is 0 Å². The number of methoxy groups -OCH3 is 1. The van der Waals surface area contributed by atoms with Crippen LogP contribution in [0.1, 0.15) is 25.3 Å². The summed E-state index contributed by atoms with van der Waals surface area (Å²) in [5, 5.41) is 10.0. The van der Waals surface area contributed by atoms with Crippen LogP contribution in [0.5, 0.6) is 5.75 Å². The van der Waals surface area contributed by atoms with Gasteiger partial charge in [0, 0.05) is 17.6 Å². The number of aromatic nitrogens is 1. The minimum atomic E-state index is -0.843. The van der Waals surface area contributed by atoms with Crippen molar-refractivity contribution in [3.05, 3.63) is 30.0 Å². The molecule has 0 bridgehead atoms. The normalized spacial score (nSPS) is 11.1. The molecule has 0 saturated heterocycles. The Hall–Kier alpha value is -1.97. The number of benzene rings is 1. The van der Waals surface area contributed by atoms with Gasteiger partial charge in [-0.1, -0.05) is 13.8 Å². The number of aliphatic carboxylic acids is 1. The minimum Gasteiger partial charge on any atom is -0.497 e. The molecule has 1 heterocycles. The van der Waals surface area contributed by atoms with Crippen LogP contribution in [-0.4, -0.2) is 22.8 Å². The largest absolute Gasteiger partial charge is 0.497 e. The topological polar surface area (TPSA) is 51.5 Å². The van der Waals surface area contributed by atoms with Gasteiger partial charge in [-0.05, 0) is 23.6 Å². The quantitative estimate of drug-likeness (QED) is 0.903. The highest BCUT2D eigenvalue weighted by Crippen LogP contribution is 2.30. The van der Waals surface area contributed by atoms with E-state index in [-0.39, 0.29) is 6.54 Å². The number of nitrogens with zero attached hydrogens (tertiary/aromatic N) is 1. The van der Waals surface area contributed by atoms with Crippen molar-refractivity contribution in [1.82, 2.24) is 4.57 Å². The van der Waals surface area contributed by atoms with Crippen LogP contribution in [-0.2, 0) is 11.3 Å². The standard InChI is InChI=1S/C14H17NO3/c1-9(2)12-7-15(8-14(16)17)13-6-10(18-3)4-5-11(12)13/h4-7,9H,8H2,1-3H3,(H,16,17). The molecule has 0 atom stereocenters. The Bertz CT molecular complexity index is 584. The monoisotopic (exact) mass is 247 g/mol. The van der Waals surface area contributed by atoms with Crippen LogP contribution >= 0.6 is 0 Å². The third kappa shape index (κ3) is 2.18. The van der Waals surface area contributed by atoms with Gasteiger partial charge in [0.05, 0.1) is 12.6 Å². The van der Waals surface area contributed by atoms with Crippen molar-refractivity contribution >= 4 is 16.9 Å². The summed E-state index contributed by atoms with van der Waals surface area (Å²) in [7, 11) is 1.61. The molecule has 0 aliphatic carbocycles. The summed E-state index contributed by atoms with van der Waals surface area (Å²) in [6, 6.07) is 5.77. The second-order valence-electron chi connectivity index (χ2n) is 4.64. The number of hydrogen-bond acceptors (Lipinski definition) is 2. The zero-order chi connectivity index (χ0) is 13.3. The van der Waals surface area contributed by atoms with E-state index in [9.17, 15) is 4.79 Å². The summed E-state index contributed by atoms with van der Waals surface area (Å²) < 4.78 is 6.95. The summed E-state index contributed by atoms with van der Waals surface area (Å²) in [5.41, 5.74) is 2.06. The molecule has 0 unspecified atom stereocenters. The lowest BCUT2D eigenvalue weighted by molar-refractivity contribution is -0.137. The van der Waals surface area contributed by atoms with Gasteiger partial charge in [0.25, 0.3) is 0 Å². The van der Waals surface area contributed by atoms with Crippen LogP contribution in [0.15, 0.2) is 24.4 Å². The second kappa shape index (κ2) is 4.72.